The van der Waals surface area contributed by atoms with Gasteiger partial charge < -0.3 is 10.6 Å². The molecule has 1 aromatic rings. The van der Waals surface area contributed by atoms with E-state index in [1.807, 2.05) is 38.1 Å². The van der Waals surface area contributed by atoms with E-state index < -0.39 is 5.92 Å². The number of anilines is 1. The van der Waals surface area contributed by atoms with Crippen molar-refractivity contribution in [3.63, 3.8) is 0 Å². The Balaban J connectivity index is 2.23. The Kier molecular flexibility index (Phi) is 4.08. The molecule has 0 unspecified atom stereocenters. The minimum Gasteiger partial charge on any atom is -0.329 e. The van der Waals surface area contributed by atoms with Crippen molar-refractivity contribution in [1.29, 1.82) is 5.26 Å². The summed E-state index contributed by atoms with van der Waals surface area (Å²) in [4.78, 5) is 23.9. The normalized spacial score (nSPS) is 18.0. The lowest BCUT2D eigenvalue weighted by Crippen LogP contribution is -2.37. The van der Waals surface area contributed by atoms with E-state index in [1.54, 1.807) is 6.92 Å². The Labute approximate surface area is 123 Å². The van der Waals surface area contributed by atoms with E-state index in [-0.39, 0.29) is 18.2 Å². The number of carbonyl (C=O) groups excluding carboxylic acids is 2. The zero-order valence-corrected chi connectivity index (χ0v) is 12.3. The Morgan fingerprint density at radius 2 is 2.05 bits per heavy atom. The lowest BCUT2D eigenvalue weighted by molar-refractivity contribution is -0.126. The van der Waals surface area contributed by atoms with Crippen molar-refractivity contribution in [3.05, 3.63) is 40.6 Å². The Morgan fingerprint density at radius 1 is 1.33 bits per heavy atom. The second-order valence-electron chi connectivity index (χ2n) is 5.24. The summed E-state index contributed by atoms with van der Waals surface area (Å²) in [5.74, 6) is -1.30. The van der Waals surface area contributed by atoms with Gasteiger partial charge in [0.05, 0.1) is 17.6 Å². The molecule has 0 radical (unpaired) electrons. The van der Waals surface area contributed by atoms with Crippen molar-refractivity contribution in [2.24, 2.45) is 5.92 Å². The van der Waals surface area contributed by atoms with Crippen LogP contribution < -0.4 is 10.6 Å². The number of rotatable bonds is 2. The number of nitrogens with one attached hydrogen (secondary N) is 2. The van der Waals surface area contributed by atoms with Crippen LogP contribution in [0.25, 0.3) is 0 Å². The molecule has 2 N–H and O–H groups in total. The molecule has 0 bridgehead atoms. The monoisotopic (exact) mass is 283 g/mol. The third-order valence-electron chi connectivity index (χ3n) is 3.68. The van der Waals surface area contributed by atoms with Crippen LogP contribution >= 0.6 is 0 Å². The summed E-state index contributed by atoms with van der Waals surface area (Å²) in [7, 11) is 0. The molecular formula is C16H17N3O2. The van der Waals surface area contributed by atoms with Crippen molar-refractivity contribution in [1.82, 2.24) is 5.32 Å². The highest BCUT2D eigenvalue weighted by Gasteiger charge is 2.31. The third kappa shape index (κ3) is 3.11. The molecule has 1 aliphatic heterocycles. The topological polar surface area (TPSA) is 82.0 Å². The van der Waals surface area contributed by atoms with Crippen LogP contribution in [0.5, 0.6) is 0 Å². The molecule has 108 valence electrons. The van der Waals surface area contributed by atoms with Gasteiger partial charge in [-0.05, 0) is 44.0 Å². The van der Waals surface area contributed by atoms with Crippen molar-refractivity contribution < 1.29 is 9.59 Å². The number of nitrogens with zero attached hydrogens (tertiary/aromatic N) is 1. The van der Waals surface area contributed by atoms with Gasteiger partial charge in [0.25, 0.3) is 0 Å². The molecule has 0 aliphatic carbocycles. The van der Waals surface area contributed by atoms with E-state index in [2.05, 4.69) is 10.6 Å². The second kappa shape index (κ2) is 5.80. The lowest BCUT2D eigenvalue weighted by atomic mass is 9.90. The van der Waals surface area contributed by atoms with Crippen LogP contribution in [0.1, 0.15) is 24.5 Å². The highest BCUT2D eigenvalue weighted by atomic mass is 16.2. The van der Waals surface area contributed by atoms with Crippen LogP contribution in [0.2, 0.25) is 0 Å². The van der Waals surface area contributed by atoms with Gasteiger partial charge in [-0.15, -0.1) is 0 Å². The second-order valence-corrected chi connectivity index (χ2v) is 5.24. The first-order chi connectivity index (χ1) is 9.92. The molecule has 2 rings (SSSR count). The average Bonchev–Trinajstić information content (AvgIpc) is 2.42. The maximum absolute atomic E-state index is 12.3. The SMILES string of the molecule is CC1=C(C#N)[C@H](C(=O)Nc2ccc(C)c(C)c2)CC(=O)N1. The number of allylic oxidation sites excluding steroid dienone is 1. The number of hydrogen-bond acceptors (Lipinski definition) is 3. The molecule has 0 fully saturated rings. The van der Waals surface area contributed by atoms with E-state index in [0.717, 1.165) is 11.1 Å². The first-order valence-corrected chi connectivity index (χ1v) is 6.71. The van der Waals surface area contributed by atoms with Gasteiger partial charge in [-0.3, -0.25) is 9.59 Å². The molecule has 1 aliphatic rings. The Morgan fingerprint density at radius 3 is 2.67 bits per heavy atom. The maximum Gasteiger partial charge on any atom is 0.233 e. The van der Waals surface area contributed by atoms with Gasteiger partial charge in [-0.1, -0.05) is 6.07 Å². The van der Waals surface area contributed by atoms with E-state index in [9.17, 15) is 14.9 Å². The van der Waals surface area contributed by atoms with Gasteiger partial charge in [0.15, 0.2) is 0 Å². The molecule has 1 heterocycles. The van der Waals surface area contributed by atoms with E-state index in [1.165, 1.54) is 0 Å². The molecular weight excluding hydrogens is 266 g/mol. The number of nitriles is 1. The average molecular weight is 283 g/mol. The minimum atomic E-state index is -0.731. The zero-order chi connectivity index (χ0) is 15.6. The minimum absolute atomic E-state index is 0.00307. The summed E-state index contributed by atoms with van der Waals surface area (Å²) < 4.78 is 0. The lowest BCUT2D eigenvalue weighted by Gasteiger charge is -2.22. The summed E-state index contributed by atoms with van der Waals surface area (Å²) in [5, 5.41) is 14.5. The Hall–Kier alpha value is -2.61. The molecule has 0 saturated heterocycles. The van der Waals surface area contributed by atoms with Crippen LogP contribution in [0.3, 0.4) is 0 Å². The molecule has 21 heavy (non-hydrogen) atoms. The molecule has 2 amide bonds. The molecule has 1 aromatic carbocycles. The maximum atomic E-state index is 12.3. The molecule has 0 aromatic heterocycles. The van der Waals surface area contributed by atoms with Crippen LogP contribution in [0.15, 0.2) is 29.5 Å². The number of carbonyl (C=O) groups is 2. The summed E-state index contributed by atoms with van der Waals surface area (Å²) >= 11 is 0. The predicted octanol–water partition coefficient (Wildman–Crippen LogP) is 2.18. The van der Waals surface area contributed by atoms with E-state index in [4.69, 9.17) is 0 Å². The summed E-state index contributed by atoms with van der Waals surface area (Å²) in [6.07, 6.45) is -0.00307. The van der Waals surface area contributed by atoms with Crippen molar-refractivity contribution in [2.45, 2.75) is 27.2 Å². The van der Waals surface area contributed by atoms with Crippen molar-refractivity contribution >= 4 is 17.5 Å². The van der Waals surface area contributed by atoms with E-state index >= 15 is 0 Å². The van der Waals surface area contributed by atoms with Gasteiger partial charge in [0, 0.05) is 17.8 Å². The first kappa shape index (κ1) is 14.8. The molecule has 1 atom stereocenters. The quantitative estimate of drug-likeness (QED) is 0.872. The molecule has 0 saturated carbocycles. The van der Waals surface area contributed by atoms with Gasteiger partial charge >= 0.3 is 0 Å². The standard InChI is InChI=1S/C16H17N3O2/c1-9-4-5-12(6-10(9)2)19-16(21)13-7-15(20)18-11(3)14(13)8-17/h4-6,13H,7H2,1-3H3,(H,18,20)(H,19,21)/t13-/m1/s1. The van der Waals surface area contributed by atoms with Gasteiger partial charge in [-0.2, -0.15) is 5.26 Å². The molecule has 5 heteroatoms. The van der Waals surface area contributed by atoms with Crippen LogP contribution in [-0.4, -0.2) is 11.8 Å². The predicted molar refractivity (Wildman–Crippen MR) is 79.1 cm³/mol. The number of hydrogen-bond donors (Lipinski definition) is 2. The highest BCUT2D eigenvalue weighted by Crippen LogP contribution is 2.24. The van der Waals surface area contributed by atoms with Crippen molar-refractivity contribution in [2.75, 3.05) is 5.32 Å². The Bertz CT molecular complexity index is 683. The molecule has 0 spiro atoms. The van der Waals surface area contributed by atoms with Crippen LogP contribution in [-0.2, 0) is 9.59 Å². The van der Waals surface area contributed by atoms with Gasteiger partial charge in [0.2, 0.25) is 11.8 Å². The molecule has 5 nitrogen and oxygen atoms in total. The summed E-state index contributed by atoms with van der Waals surface area (Å²) in [6.45, 7) is 5.59. The fourth-order valence-electron chi connectivity index (χ4n) is 2.31. The number of aryl methyl sites for hydroxylation is 2. The summed E-state index contributed by atoms with van der Waals surface area (Å²) in [6, 6.07) is 7.62. The fourth-order valence-corrected chi connectivity index (χ4v) is 2.31. The van der Waals surface area contributed by atoms with E-state index in [0.29, 0.717) is 17.0 Å². The smallest absolute Gasteiger partial charge is 0.233 e. The third-order valence-corrected chi connectivity index (χ3v) is 3.68. The highest BCUT2D eigenvalue weighted by molar-refractivity contribution is 5.99. The number of amides is 2. The van der Waals surface area contributed by atoms with Gasteiger partial charge in [0.1, 0.15) is 0 Å². The summed E-state index contributed by atoms with van der Waals surface area (Å²) in [5.41, 5.74) is 3.65. The van der Waals surface area contributed by atoms with Crippen LogP contribution in [0.4, 0.5) is 5.69 Å². The first-order valence-electron chi connectivity index (χ1n) is 6.71. The van der Waals surface area contributed by atoms with Crippen molar-refractivity contribution in [3.8, 4) is 6.07 Å². The van der Waals surface area contributed by atoms with Gasteiger partial charge in [-0.25, -0.2) is 0 Å². The largest absolute Gasteiger partial charge is 0.329 e. The fraction of sp³-hybridized carbons (Fsp3) is 0.312. The number of benzene rings is 1. The zero-order valence-electron chi connectivity index (χ0n) is 12.3. The van der Waals surface area contributed by atoms with Crippen LogP contribution in [0, 0.1) is 31.1 Å².